The molecule has 0 saturated carbocycles. The lowest BCUT2D eigenvalue weighted by Crippen LogP contribution is -2.47. The van der Waals surface area contributed by atoms with E-state index in [0.717, 1.165) is 6.26 Å². The van der Waals surface area contributed by atoms with Gasteiger partial charge in [-0.05, 0) is 25.0 Å². The standard InChI is InChI=1S/C17H24NO6PS/c1-4-12-23-25(20,24-13-5-2)17(18-26(3,21)22)11-10-16(19)14-8-6-7-9-15(14)17/h6-11,18H,4-5,12-13H2,1-3H3. The van der Waals surface area contributed by atoms with E-state index in [1.807, 2.05) is 13.8 Å². The third kappa shape index (κ3) is 4.15. The molecule has 144 valence electrons. The second-order valence-corrected chi connectivity index (χ2v) is 10.0. The van der Waals surface area contributed by atoms with Crippen LogP contribution in [0.2, 0.25) is 0 Å². The van der Waals surface area contributed by atoms with Crippen LogP contribution in [0.5, 0.6) is 0 Å². The second kappa shape index (κ2) is 8.15. The van der Waals surface area contributed by atoms with Crippen molar-refractivity contribution >= 4 is 23.4 Å². The van der Waals surface area contributed by atoms with Crippen LogP contribution in [0.15, 0.2) is 36.4 Å². The average molecular weight is 401 g/mol. The molecule has 0 fully saturated rings. The molecule has 2 rings (SSSR count). The third-order valence-electron chi connectivity index (χ3n) is 3.78. The Balaban J connectivity index is 2.74. The molecule has 1 aliphatic carbocycles. The number of benzene rings is 1. The fourth-order valence-corrected chi connectivity index (χ4v) is 6.50. The Morgan fingerprint density at radius 1 is 1.12 bits per heavy atom. The number of fused-ring (bicyclic) bond motifs is 1. The van der Waals surface area contributed by atoms with Gasteiger partial charge in [0.25, 0.3) is 0 Å². The van der Waals surface area contributed by atoms with Gasteiger partial charge in [0.15, 0.2) is 11.1 Å². The molecule has 1 aliphatic rings. The Bertz CT molecular complexity index is 839. The monoisotopic (exact) mass is 401 g/mol. The van der Waals surface area contributed by atoms with Gasteiger partial charge >= 0.3 is 7.60 Å². The van der Waals surface area contributed by atoms with Crippen molar-refractivity contribution in [2.24, 2.45) is 0 Å². The highest BCUT2D eigenvalue weighted by Crippen LogP contribution is 2.65. The number of rotatable bonds is 9. The number of allylic oxidation sites excluding steroid dienone is 1. The van der Waals surface area contributed by atoms with Crippen molar-refractivity contribution in [2.45, 2.75) is 32.0 Å². The maximum atomic E-state index is 13.8. The van der Waals surface area contributed by atoms with E-state index in [9.17, 15) is 17.8 Å². The van der Waals surface area contributed by atoms with Gasteiger partial charge in [0.1, 0.15) is 0 Å². The van der Waals surface area contributed by atoms with Gasteiger partial charge in [0, 0.05) is 11.1 Å². The van der Waals surface area contributed by atoms with E-state index < -0.39 is 22.9 Å². The SMILES string of the molecule is CCCOP(=O)(OCCC)C1(NS(C)(=O)=O)C=CC(=O)c2ccccc21. The van der Waals surface area contributed by atoms with Crippen LogP contribution in [0, 0.1) is 0 Å². The summed E-state index contributed by atoms with van der Waals surface area (Å²) in [7, 11) is -7.86. The molecular formula is C17H24NO6PS. The highest BCUT2D eigenvalue weighted by molar-refractivity contribution is 7.89. The molecule has 0 saturated heterocycles. The lowest BCUT2D eigenvalue weighted by atomic mass is 9.92. The van der Waals surface area contributed by atoms with Crippen LogP contribution in [0.1, 0.15) is 42.6 Å². The summed E-state index contributed by atoms with van der Waals surface area (Å²) in [6, 6.07) is 6.43. The number of nitrogens with one attached hydrogen (secondary N) is 1. The van der Waals surface area contributed by atoms with Gasteiger partial charge in [-0.15, -0.1) is 0 Å². The summed E-state index contributed by atoms with van der Waals surface area (Å²) in [5.41, 5.74) is 0.514. The molecule has 26 heavy (non-hydrogen) atoms. The molecule has 1 aromatic rings. The Hall–Kier alpha value is -1.31. The Kier molecular flexibility index (Phi) is 6.58. The van der Waals surface area contributed by atoms with Crippen molar-refractivity contribution in [1.29, 1.82) is 0 Å². The number of carbonyl (C=O) groups excluding carboxylic acids is 1. The van der Waals surface area contributed by atoms with Crippen molar-refractivity contribution in [3.8, 4) is 0 Å². The van der Waals surface area contributed by atoms with Crippen LogP contribution >= 0.6 is 7.60 Å². The van der Waals surface area contributed by atoms with E-state index in [2.05, 4.69) is 4.72 Å². The zero-order valence-electron chi connectivity index (χ0n) is 15.1. The van der Waals surface area contributed by atoms with Gasteiger partial charge in [-0.25, -0.2) is 8.42 Å². The van der Waals surface area contributed by atoms with Gasteiger partial charge in [-0.2, -0.15) is 4.72 Å². The maximum absolute atomic E-state index is 13.8. The number of carbonyl (C=O) groups is 1. The molecule has 1 unspecified atom stereocenters. The van der Waals surface area contributed by atoms with E-state index in [-0.39, 0.29) is 30.1 Å². The van der Waals surface area contributed by atoms with E-state index in [4.69, 9.17) is 9.05 Å². The van der Waals surface area contributed by atoms with Gasteiger partial charge in [0.2, 0.25) is 10.0 Å². The first-order chi connectivity index (χ1) is 12.2. The van der Waals surface area contributed by atoms with Gasteiger partial charge in [-0.1, -0.05) is 38.1 Å². The maximum Gasteiger partial charge on any atom is 0.360 e. The predicted octanol–water partition coefficient (Wildman–Crippen LogP) is 3.19. The van der Waals surface area contributed by atoms with Crippen LogP contribution in [0.4, 0.5) is 0 Å². The summed E-state index contributed by atoms with van der Waals surface area (Å²) in [6.45, 7) is 3.93. The van der Waals surface area contributed by atoms with Crippen molar-refractivity contribution in [2.75, 3.05) is 19.5 Å². The zero-order valence-corrected chi connectivity index (χ0v) is 16.8. The lowest BCUT2D eigenvalue weighted by molar-refractivity contribution is 0.104. The summed E-state index contributed by atoms with van der Waals surface area (Å²) >= 11 is 0. The number of hydrogen-bond acceptors (Lipinski definition) is 6. The molecule has 9 heteroatoms. The minimum Gasteiger partial charge on any atom is -0.307 e. The molecule has 0 spiro atoms. The second-order valence-electron chi connectivity index (χ2n) is 6.05. The Morgan fingerprint density at radius 3 is 2.23 bits per heavy atom. The predicted molar refractivity (Wildman–Crippen MR) is 99.7 cm³/mol. The van der Waals surface area contributed by atoms with Crippen LogP contribution < -0.4 is 4.72 Å². The minimum atomic E-state index is -4.04. The van der Waals surface area contributed by atoms with E-state index in [1.54, 1.807) is 24.3 Å². The highest BCUT2D eigenvalue weighted by atomic mass is 32.2. The Labute approximate surface area is 154 Å². The fraction of sp³-hybridized carbons (Fsp3) is 0.471. The molecule has 0 bridgehead atoms. The molecule has 0 aliphatic heterocycles. The van der Waals surface area contributed by atoms with Gasteiger partial charge < -0.3 is 9.05 Å². The smallest absolute Gasteiger partial charge is 0.307 e. The first-order valence-electron chi connectivity index (χ1n) is 8.40. The molecule has 0 amide bonds. The van der Waals surface area contributed by atoms with Crippen molar-refractivity contribution in [1.82, 2.24) is 4.72 Å². The van der Waals surface area contributed by atoms with Crippen molar-refractivity contribution in [3.63, 3.8) is 0 Å². The molecule has 7 nitrogen and oxygen atoms in total. The molecular weight excluding hydrogens is 377 g/mol. The summed E-state index contributed by atoms with van der Waals surface area (Å²) in [5, 5.41) is -1.80. The van der Waals surface area contributed by atoms with Crippen LogP contribution in [-0.4, -0.2) is 33.7 Å². The highest BCUT2D eigenvalue weighted by Gasteiger charge is 2.55. The Morgan fingerprint density at radius 2 is 1.69 bits per heavy atom. The first kappa shape index (κ1) is 21.0. The minimum absolute atomic E-state index is 0.123. The molecule has 0 aromatic heterocycles. The fourth-order valence-electron chi connectivity index (χ4n) is 2.74. The number of sulfonamides is 1. The number of hydrogen-bond donors (Lipinski definition) is 1. The first-order valence-corrected chi connectivity index (χ1v) is 11.8. The average Bonchev–Trinajstić information content (AvgIpc) is 2.60. The van der Waals surface area contributed by atoms with Crippen molar-refractivity contribution < 1.29 is 26.8 Å². The topological polar surface area (TPSA) is 98.8 Å². The summed E-state index contributed by atoms with van der Waals surface area (Å²) in [5.74, 6) is -0.302. The van der Waals surface area contributed by atoms with Gasteiger partial charge in [-0.3, -0.25) is 9.36 Å². The van der Waals surface area contributed by atoms with Crippen molar-refractivity contribution in [3.05, 3.63) is 47.5 Å². The van der Waals surface area contributed by atoms with E-state index in [1.165, 1.54) is 12.2 Å². The third-order valence-corrected chi connectivity index (χ3v) is 7.04. The largest absolute Gasteiger partial charge is 0.360 e. The molecule has 0 radical (unpaired) electrons. The molecule has 1 aromatic carbocycles. The lowest BCUT2D eigenvalue weighted by Gasteiger charge is -2.39. The van der Waals surface area contributed by atoms with Crippen LogP contribution in [0.25, 0.3) is 0 Å². The zero-order chi connectivity index (χ0) is 19.4. The molecule has 0 heterocycles. The van der Waals surface area contributed by atoms with Gasteiger partial charge in [0.05, 0.1) is 19.5 Å². The van der Waals surface area contributed by atoms with Crippen LogP contribution in [-0.2, 0) is 28.9 Å². The number of ketones is 1. The van der Waals surface area contributed by atoms with E-state index in [0.29, 0.717) is 12.8 Å². The summed E-state index contributed by atoms with van der Waals surface area (Å²) in [4.78, 5) is 12.3. The van der Waals surface area contributed by atoms with E-state index >= 15 is 0 Å². The quantitative estimate of drug-likeness (QED) is 0.638. The summed E-state index contributed by atoms with van der Waals surface area (Å²) < 4.78 is 51.7. The normalized spacial score (nSPS) is 20.2. The molecule has 1 atom stereocenters. The van der Waals surface area contributed by atoms with Crippen LogP contribution in [0.3, 0.4) is 0 Å². The summed E-state index contributed by atoms with van der Waals surface area (Å²) in [6.07, 6.45) is 4.59. The molecule has 1 N–H and O–H groups in total.